The van der Waals surface area contributed by atoms with E-state index in [1.165, 1.54) is 7.11 Å². The number of amides is 1. The minimum absolute atomic E-state index is 0.0216. The van der Waals surface area contributed by atoms with Crippen LogP contribution < -0.4 is 11.1 Å². The number of aliphatic carboxylic acids is 1. The van der Waals surface area contributed by atoms with Gasteiger partial charge in [-0.3, -0.25) is 9.59 Å². The van der Waals surface area contributed by atoms with Crippen LogP contribution in [0.1, 0.15) is 45.4 Å². The Kier molecular flexibility index (Phi) is 10.2. The topological polar surface area (TPSA) is 119 Å². The Morgan fingerprint density at radius 3 is 2.33 bits per heavy atom. The lowest BCUT2D eigenvalue weighted by Gasteiger charge is -2.16. The van der Waals surface area contributed by atoms with Crippen LogP contribution in [-0.4, -0.2) is 42.6 Å². The maximum absolute atomic E-state index is 11.8. The van der Waals surface area contributed by atoms with Gasteiger partial charge >= 0.3 is 11.9 Å². The quantitative estimate of drug-likeness (QED) is 0.482. The van der Waals surface area contributed by atoms with Crippen molar-refractivity contribution in [3.63, 3.8) is 0 Å². The molecule has 1 amide bonds. The van der Waals surface area contributed by atoms with Gasteiger partial charge in [0.1, 0.15) is 6.04 Å². The van der Waals surface area contributed by atoms with Crippen molar-refractivity contribution < 1.29 is 24.2 Å². The molecule has 0 aliphatic carbocycles. The minimum atomic E-state index is -1.15. The lowest BCUT2D eigenvalue weighted by atomic mass is 9.96. The summed E-state index contributed by atoms with van der Waals surface area (Å²) in [7, 11) is 1.24. The molecule has 0 saturated heterocycles. The second-order valence-electron chi connectivity index (χ2n) is 4.96. The fraction of sp³-hybridized carbons (Fsp3) is 0.786. The molecule has 0 saturated carbocycles. The summed E-state index contributed by atoms with van der Waals surface area (Å²) in [6.07, 6.45) is 2.72. The maximum Gasteiger partial charge on any atom is 0.326 e. The fourth-order valence-electron chi connectivity index (χ4n) is 2.01. The van der Waals surface area contributed by atoms with Crippen molar-refractivity contribution in [2.24, 2.45) is 11.7 Å². The number of carboxylic acids is 1. The molecular weight excluding hydrogens is 276 g/mol. The van der Waals surface area contributed by atoms with Gasteiger partial charge in [-0.25, -0.2) is 4.79 Å². The Morgan fingerprint density at radius 1 is 1.19 bits per heavy atom. The van der Waals surface area contributed by atoms with E-state index in [9.17, 15) is 14.4 Å². The van der Waals surface area contributed by atoms with Crippen molar-refractivity contribution in [3.8, 4) is 0 Å². The van der Waals surface area contributed by atoms with Crippen LogP contribution >= 0.6 is 0 Å². The molecule has 2 atom stereocenters. The molecule has 0 heterocycles. The highest BCUT2D eigenvalue weighted by Crippen LogP contribution is 2.14. The van der Waals surface area contributed by atoms with E-state index in [0.717, 1.165) is 12.8 Å². The van der Waals surface area contributed by atoms with Crippen LogP contribution in [0.4, 0.5) is 0 Å². The number of nitrogens with two attached hydrogens (primary N) is 1. The van der Waals surface area contributed by atoms with Gasteiger partial charge in [-0.1, -0.05) is 13.3 Å². The van der Waals surface area contributed by atoms with E-state index < -0.39 is 18.0 Å². The van der Waals surface area contributed by atoms with Crippen molar-refractivity contribution in [1.29, 1.82) is 0 Å². The third kappa shape index (κ3) is 9.01. The number of carbonyl (C=O) groups excluding carboxylic acids is 2. The van der Waals surface area contributed by atoms with Crippen molar-refractivity contribution in [2.75, 3.05) is 13.7 Å². The van der Waals surface area contributed by atoms with Crippen LogP contribution in [0.2, 0.25) is 0 Å². The predicted molar refractivity (Wildman–Crippen MR) is 77.5 cm³/mol. The van der Waals surface area contributed by atoms with Gasteiger partial charge in [-0.05, 0) is 31.7 Å². The monoisotopic (exact) mass is 302 g/mol. The molecule has 0 aromatic heterocycles. The normalized spacial score (nSPS) is 13.3. The van der Waals surface area contributed by atoms with Gasteiger partial charge in [0, 0.05) is 12.8 Å². The van der Waals surface area contributed by atoms with Crippen LogP contribution in [0, 0.1) is 5.92 Å². The molecule has 0 aliphatic heterocycles. The molecule has 0 aromatic rings. The predicted octanol–water partition coefficient (Wildman–Crippen LogP) is 0.664. The molecule has 0 radical (unpaired) electrons. The highest BCUT2D eigenvalue weighted by molar-refractivity contribution is 5.84. The SMILES string of the molecule is CCC(CCN)CCC(=O)N[C@H](CCC(=O)OC)C(=O)O. The zero-order chi connectivity index (χ0) is 16.3. The van der Waals surface area contributed by atoms with E-state index in [1.807, 2.05) is 6.92 Å². The van der Waals surface area contributed by atoms with Crippen molar-refractivity contribution >= 4 is 17.8 Å². The minimum Gasteiger partial charge on any atom is -0.480 e. The van der Waals surface area contributed by atoms with E-state index >= 15 is 0 Å². The Morgan fingerprint density at radius 2 is 1.86 bits per heavy atom. The summed E-state index contributed by atoms with van der Waals surface area (Å²) in [6, 6.07) is -1.06. The molecule has 0 spiro atoms. The first-order valence-electron chi connectivity index (χ1n) is 7.23. The molecule has 0 bridgehead atoms. The van der Waals surface area contributed by atoms with Gasteiger partial charge in [0.05, 0.1) is 7.11 Å². The average Bonchev–Trinajstić information content (AvgIpc) is 2.46. The van der Waals surface area contributed by atoms with Gasteiger partial charge in [-0.15, -0.1) is 0 Å². The number of ether oxygens (including phenoxy) is 1. The summed E-state index contributed by atoms with van der Waals surface area (Å²) in [5, 5.41) is 11.5. The highest BCUT2D eigenvalue weighted by atomic mass is 16.5. The van der Waals surface area contributed by atoms with Crippen LogP contribution in [0.25, 0.3) is 0 Å². The third-order valence-corrected chi connectivity index (χ3v) is 3.43. The van der Waals surface area contributed by atoms with Crippen LogP contribution in [0.5, 0.6) is 0 Å². The first-order valence-corrected chi connectivity index (χ1v) is 7.23. The first-order chi connectivity index (χ1) is 9.94. The summed E-state index contributed by atoms with van der Waals surface area (Å²) in [4.78, 5) is 33.8. The number of rotatable bonds is 11. The molecule has 0 aliphatic rings. The highest BCUT2D eigenvalue weighted by Gasteiger charge is 2.21. The zero-order valence-corrected chi connectivity index (χ0v) is 12.8. The molecule has 0 aromatic carbocycles. The molecule has 7 nitrogen and oxygen atoms in total. The third-order valence-electron chi connectivity index (χ3n) is 3.43. The molecule has 0 fully saturated rings. The number of nitrogens with one attached hydrogen (secondary N) is 1. The Labute approximate surface area is 125 Å². The number of carboxylic acid groups (broad SMARTS) is 1. The van der Waals surface area contributed by atoms with Crippen molar-refractivity contribution in [2.45, 2.75) is 51.5 Å². The number of esters is 1. The van der Waals surface area contributed by atoms with Crippen molar-refractivity contribution in [3.05, 3.63) is 0 Å². The largest absolute Gasteiger partial charge is 0.480 e. The summed E-state index contributed by atoms with van der Waals surface area (Å²) in [6.45, 7) is 2.62. The van der Waals surface area contributed by atoms with E-state index in [-0.39, 0.29) is 25.2 Å². The van der Waals surface area contributed by atoms with E-state index in [2.05, 4.69) is 10.1 Å². The Hall–Kier alpha value is -1.63. The van der Waals surface area contributed by atoms with Gasteiger partial charge < -0.3 is 20.9 Å². The van der Waals surface area contributed by atoms with E-state index in [1.54, 1.807) is 0 Å². The van der Waals surface area contributed by atoms with Crippen LogP contribution in [0.3, 0.4) is 0 Å². The average molecular weight is 302 g/mol. The maximum atomic E-state index is 11.8. The lowest BCUT2D eigenvalue weighted by molar-refractivity contribution is -0.144. The van der Waals surface area contributed by atoms with E-state index in [0.29, 0.717) is 18.9 Å². The summed E-state index contributed by atoms with van der Waals surface area (Å²) < 4.78 is 4.45. The number of hydrogen-bond donors (Lipinski definition) is 3. The number of methoxy groups -OCH3 is 1. The number of hydrogen-bond acceptors (Lipinski definition) is 5. The molecule has 1 unspecified atom stereocenters. The molecular formula is C14H26N2O5. The smallest absolute Gasteiger partial charge is 0.326 e. The summed E-state index contributed by atoms with van der Waals surface area (Å²) in [5.74, 6) is -1.59. The second kappa shape index (κ2) is 11.1. The number of carbonyl (C=O) groups is 3. The van der Waals surface area contributed by atoms with Crippen LogP contribution in [-0.2, 0) is 19.1 Å². The summed E-state index contributed by atoms with van der Waals surface area (Å²) in [5.41, 5.74) is 5.49. The van der Waals surface area contributed by atoms with Crippen molar-refractivity contribution in [1.82, 2.24) is 5.32 Å². The van der Waals surface area contributed by atoms with Gasteiger partial charge in [0.2, 0.25) is 5.91 Å². The molecule has 4 N–H and O–H groups in total. The van der Waals surface area contributed by atoms with E-state index in [4.69, 9.17) is 10.8 Å². The first kappa shape index (κ1) is 19.4. The molecule has 21 heavy (non-hydrogen) atoms. The van der Waals surface area contributed by atoms with Gasteiger partial charge in [0.25, 0.3) is 0 Å². The molecule has 122 valence electrons. The fourth-order valence-corrected chi connectivity index (χ4v) is 2.01. The molecule has 7 heteroatoms. The summed E-state index contributed by atoms with van der Waals surface area (Å²) >= 11 is 0. The Balaban J connectivity index is 4.22. The molecule has 0 rings (SSSR count). The van der Waals surface area contributed by atoms with Gasteiger partial charge in [0.15, 0.2) is 0 Å². The Bertz CT molecular complexity index is 346. The second-order valence-corrected chi connectivity index (χ2v) is 4.96. The zero-order valence-electron chi connectivity index (χ0n) is 12.8. The van der Waals surface area contributed by atoms with Gasteiger partial charge in [-0.2, -0.15) is 0 Å². The standard InChI is InChI=1S/C14H26N2O5/c1-3-10(8-9-15)4-6-12(17)16-11(14(19)20)5-7-13(18)21-2/h10-11H,3-9,15H2,1-2H3,(H,16,17)(H,19,20)/t10?,11-/m1/s1. The van der Waals surface area contributed by atoms with Crippen LogP contribution in [0.15, 0.2) is 0 Å². The lowest BCUT2D eigenvalue weighted by Crippen LogP contribution is -2.41.